The molecule has 5 nitrogen and oxygen atoms in total. The molecule has 3 heterocycles. The normalized spacial score (nSPS) is 14.5. The molecule has 0 N–H and O–H groups in total. The van der Waals surface area contributed by atoms with Crippen molar-refractivity contribution in [3.05, 3.63) is 76.2 Å². The molecule has 0 radical (unpaired) electrons. The van der Waals surface area contributed by atoms with Crippen molar-refractivity contribution in [3.63, 3.8) is 0 Å². The van der Waals surface area contributed by atoms with E-state index in [9.17, 15) is 4.79 Å². The molecule has 1 fully saturated rings. The van der Waals surface area contributed by atoms with Gasteiger partial charge in [0.2, 0.25) is 0 Å². The van der Waals surface area contributed by atoms with Crippen LogP contribution in [0, 0.1) is 0 Å². The summed E-state index contributed by atoms with van der Waals surface area (Å²) in [5, 5.41) is 1.62. The maximum atomic E-state index is 13.3. The summed E-state index contributed by atoms with van der Waals surface area (Å²) in [5.41, 5.74) is 1.73. The Morgan fingerprint density at radius 1 is 1.03 bits per heavy atom. The van der Waals surface area contributed by atoms with Gasteiger partial charge < -0.3 is 9.47 Å². The largest absolute Gasteiger partial charge is 0.493 e. The van der Waals surface area contributed by atoms with Gasteiger partial charge in [0.15, 0.2) is 11.5 Å². The lowest BCUT2D eigenvalue weighted by molar-refractivity contribution is 0.0370. The quantitative estimate of drug-likeness (QED) is 0.424. The van der Waals surface area contributed by atoms with Crippen LogP contribution >= 0.6 is 22.9 Å². The average molecular weight is 453 g/mol. The lowest BCUT2D eigenvalue weighted by atomic mass is 10.2. The van der Waals surface area contributed by atoms with E-state index in [1.54, 1.807) is 17.9 Å². The van der Waals surface area contributed by atoms with Gasteiger partial charge in [-0.3, -0.25) is 14.3 Å². The number of thiophene rings is 1. The zero-order valence-electron chi connectivity index (χ0n) is 17.2. The van der Waals surface area contributed by atoms with Gasteiger partial charge in [-0.25, -0.2) is 0 Å². The Morgan fingerprint density at radius 2 is 1.81 bits per heavy atom. The Hall–Kier alpha value is -2.80. The highest BCUT2D eigenvalue weighted by molar-refractivity contribution is 7.22. The van der Waals surface area contributed by atoms with Crippen molar-refractivity contribution < 1.29 is 9.47 Å². The molecular formula is C24H21ClN2O3S. The number of hydrogen-bond donors (Lipinski definition) is 0. The van der Waals surface area contributed by atoms with Gasteiger partial charge in [0.1, 0.15) is 10.8 Å². The van der Waals surface area contributed by atoms with Crippen LogP contribution in [0.3, 0.4) is 0 Å². The van der Waals surface area contributed by atoms with Gasteiger partial charge in [-0.2, -0.15) is 0 Å². The molecule has 0 unspecified atom stereocenters. The Labute approximate surface area is 189 Å². The van der Waals surface area contributed by atoms with E-state index in [-0.39, 0.29) is 11.7 Å². The Balaban J connectivity index is 1.50. The van der Waals surface area contributed by atoms with Crippen molar-refractivity contribution >= 4 is 33.0 Å². The third kappa shape index (κ3) is 3.82. The molecular weight excluding hydrogens is 432 g/mol. The molecule has 4 aromatic rings. The molecule has 1 aliphatic rings. The predicted octanol–water partition coefficient (Wildman–Crippen LogP) is 5.07. The van der Waals surface area contributed by atoms with Crippen LogP contribution in [0.25, 0.3) is 26.2 Å². The number of fused-ring (bicyclic) bond motifs is 1. The van der Waals surface area contributed by atoms with Gasteiger partial charge in [0.05, 0.1) is 12.8 Å². The van der Waals surface area contributed by atoms with Gasteiger partial charge in [-0.15, -0.1) is 11.3 Å². The Morgan fingerprint density at radius 3 is 2.52 bits per heavy atom. The molecule has 31 heavy (non-hydrogen) atoms. The number of ether oxygens (including phenoxy) is 2. The molecule has 0 bridgehead atoms. The fraction of sp³-hybridized carbons (Fsp3) is 0.208. The minimum atomic E-state index is -0.0564. The molecule has 5 rings (SSSR count). The topological polar surface area (TPSA) is 43.7 Å². The summed E-state index contributed by atoms with van der Waals surface area (Å²) in [7, 11) is 3.67. The lowest BCUT2D eigenvalue weighted by Crippen LogP contribution is -2.51. The molecule has 0 spiro atoms. The number of rotatable bonds is 5. The number of methoxy groups -OCH3 is 1. The summed E-state index contributed by atoms with van der Waals surface area (Å²) in [6.07, 6.45) is 1.97. The highest BCUT2D eigenvalue weighted by Crippen LogP contribution is 2.34. The summed E-state index contributed by atoms with van der Waals surface area (Å²) in [6, 6.07) is 17.3. The second-order valence-electron chi connectivity index (χ2n) is 7.69. The molecule has 0 atom stereocenters. The van der Waals surface area contributed by atoms with Crippen LogP contribution in [0.4, 0.5) is 0 Å². The van der Waals surface area contributed by atoms with E-state index in [1.807, 2.05) is 54.6 Å². The van der Waals surface area contributed by atoms with Crippen LogP contribution in [0.5, 0.6) is 11.5 Å². The highest BCUT2D eigenvalue weighted by Gasteiger charge is 2.26. The summed E-state index contributed by atoms with van der Waals surface area (Å²) >= 11 is 7.49. The van der Waals surface area contributed by atoms with Gasteiger partial charge in [-0.1, -0.05) is 23.7 Å². The summed E-state index contributed by atoms with van der Waals surface area (Å²) in [6.45, 7) is 1.80. The molecule has 2 aromatic heterocycles. The molecule has 1 saturated heterocycles. The number of hydrogen-bond acceptors (Lipinski definition) is 5. The van der Waals surface area contributed by atoms with E-state index in [1.165, 1.54) is 11.3 Å². The van der Waals surface area contributed by atoms with E-state index < -0.39 is 0 Å². The first-order valence-corrected chi connectivity index (χ1v) is 11.2. The maximum absolute atomic E-state index is 13.3. The van der Waals surface area contributed by atoms with Crippen LogP contribution < -0.4 is 15.0 Å². The second kappa shape index (κ2) is 8.04. The van der Waals surface area contributed by atoms with E-state index in [0.29, 0.717) is 21.2 Å². The van der Waals surface area contributed by atoms with Crippen molar-refractivity contribution in [1.82, 2.24) is 9.47 Å². The fourth-order valence-electron chi connectivity index (χ4n) is 3.79. The number of aromatic nitrogens is 1. The molecule has 1 aliphatic heterocycles. The third-order valence-corrected chi connectivity index (χ3v) is 6.90. The zero-order valence-corrected chi connectivity index (χ0v) is 18.7. The van der Waals surface area contributed by atoms with Gasteiger partial charge in [0, 0.05) is 40.6 Å². The van der Waals surface area contributed by atoms with E-state index in [0.717, 1.165) is 34.6 Å². The van der Waals surface area contributed by atoms with Crippen molar-refractivity contribution in [3.8, 4) is 27.6 Å². The molecule has 0 saturated carbocycles. The SMILES string of the molecule is COc1cc(-n2ccc3cc(-c4ccc(Cl)cc4)sc3c2=O)ccc1OC1CN(C)C1. The molecule has 158 valence electrons. The fourth-order valence-corrected chi connectivity index (χ4v) is 5.00. The zero-order chi connectivity index (χ0) is 21.5. The standard InChI is InChI=1S/C24H21ClN2O3S/c1-26-13-19(14-26)30-20-8-7-18(12-21(20)29-2)27-10-9-16-11-22(31-23(16)24(27)28)15-3-5-17(25)6-4-15/h3-12,19H,13-14H2,1-2H3. The van der Waals surface area contributed by atoms with Gasteiger partial charge in [0.25, 0.3) is 5.56 Å². The maximum Gasteiger partial charge on any atom is 0.273 e. The Bertz CT molecular complexity index is 1310. The monoisotopic (exact) mass is 452 g/mol. The number of halogens is 1. The van der Waals surface area contributed by atoms with E-state index in [2.05, 4.69) is 11.9 Å². The van der Waals surface area contributed by atoms with Gasteiger partial charge in [-0.05, 0) is 49.0 Å². The first-order valence-electron chi connectivity index (χ1n) is 9.96. The number of benzene rings is 2. The molecule has 0 aliphatic carbocycles. The van der Waals surface area contributed by atoms with Crippen LogP contribution in [-0.2, 0) is 0 Å². The van der Waals surface area contributed by atoms with Crippen LogP contribution in [0.1, 0.15) is 0 Å². The second-order valence-corrected chi connectivity index (χ2v) is 9.18. The van der Waals surface area contributed by atoms with Crippen LogP contribution in [0.15, 0.2) is 65.6 Å². The predicted molar refractivity (Wildman–Crippen MR) is 126 cm³/mol. The third-order valence-electron chi connectivity index (χ3n) is 5.46. The lowest BCUT2D eigenvalue weighted by Gasteiger charge is -2.36. The minimum absolute atomic E-state index is 0.0564. The van der Waals surface area contributed by atoms with E-state index in [4.69, 9.17) is 21.1 Å². The first kappa shape index (κ1) is 20.1. The molecule has 2 aromatic carbocycles. The summed E-state index contributed by atoms with van der Waals surface area (Å²) in [4.78, 5) is 16.5. The van der Waals surface area contributed by atoms with Crippen LogP contribution in [-0.4, -0.2) is 42.8 Å². The number of pyridine rings is 1. The number of likely N-dealkylation sites (N-methyl/N-ethyl adjacent to an activating group) is 1. The van der Waals surface area contributed by atoms with E-state index >= 15 is 0 Å². The van der Waals surface area contributed by atoms with Crippen molar-refractivity contribution in [2.75, 3.05) is 27.2 Å². The van der Waals surface area contributed by atoms with Gasteiger partial charge >= 0.3 is 0 Å². The number of nitrogens with zero attached hydrogens (tertiary/aromatic N) is 2. The highest BCUT2D eigenvalue weighted by atomic mass is 35.5. The first-order chi connectivity index (χ1) is 15.0. The molecule has 0 amide bonds. The van der Waals surface area contributed by atoms with Crippen molar-refractivity contribution in [2.24, 2.45) is 0 Å². The van der Waals surface area contributed by atoms with Crippen molar-refractivity contribution in [2.45, 2.75) is 6.10 Å². The molecule has 7 heteroatoms. The summed E-state index contributed by atoms with van der Waals surface area (Å²) < 4.78 is 13.9. The minimum Gasteiger partial charge on any atom is -0.493 e. The van der Waals surface area contributed by atoms with Crippen LogP contribution in [0.2, 0.25) is 5.02 Å². The Kier molecular flexibility index (Phi) is 5.22. The average Bonchev–Trinajstić information content (AvgIpc) is 3.19. The van der Waals surface area contributed by atoms with Crippen molar-refractivity contribution in [1.29, 1.82) is 0 Å². The summed E-state index contributed by atoms with van der Waals surface area (Å²) in [5.74, 6) is 1.31. The smallest absolute Gasteiger partial charge is 0.273 e. The number of likely N-dealkylation sites (tertiary alicyclic amines) is 1.